The average Bonchev–Trinajstić information content (AvgIpc) is 3.57. The van der Waals surface area contributed by atoms with E-state index in [1.807, 2.05) is 0 Å². The van der Waals surface area contributed by atoms with E-state index < -0.39 is 10.8 Å². The molecule has 0 N–H and O–H groups in total. The fourth-order valence-corrected chi connectivity index (χ4v) is 10.2. The molecule has 4 aliphatic rings. The predicted octanol–water partition coefficient (Wildman–Crippen LogP) is 10.1. The van der Waals surface area contributed by atoms with Crippen LogP contribution in [-0.4, -0.2) is 12.5 Å². The lowest BCUT2D eigenvalue weighted by Crippen LogP contribution is -2.57. The first-order valence-corrected chi connectivity index (χ1v) is 17.6. The zero-order valence-corrected chi connectivity index (χ0v) is 28.2. The van der Waals surface area contributed by atoms with Gasteiger partial charge < -0.3 is 4.65 Å². The molecule has 0 amide bonds. The average molecular weight is 619 g/mol. The minimum Gasteiger partial charge on any atom is -0.426 e. The fourth-order valence-electron chi connectivity index (χ4n) is 10.2. The van der Waals surface area contributed by atoms with Crippen LogP contribution in [0.4, 0.5) is 0 Å². The summed E-state index contributed by atoms with van der Waals surface area (Å²) in [5.74, 6) is 0. The molecule has 10 rings (SSSR count). The second-order valence-corrected chi connectivity index (χ2v) is 15.5. The van der Waals surface area contributed by atoms with Crippen molar-refractivity contribution in [2.24, 2.45) is 5.41 Å². The van der Waals surface area contributed by atoms with Gasteiger partial charge in [0.2, 0.25) is 0 Å². The Balaban J connectivity index is 1.41. The Morgan fingerprint density at radius 2 is 0.833 bits per heavy atom. The van der Waals surface area contributed by atoms with E-state index in [1.165, 1.54) is 72.2 Å². The normalized spacial score (nSPS) is 19.2. The predicted molar refractivity (Wildman–Crippen MR) is 198 cm³/mol. The van der Waals surface area contributed by atoms with E-state index >= 15 is 0 Å². The largest absolute Gasteiger partial charge is 0.426 e. The summed E-state index contributed by atoms with van der Waals surface area (Å²) in [5, 5.41) is 0. The van der Waals surface area contributed by atoms with Gasteiger partial charge in [-0.05, 0) is 104 Å². The van der Waals surface area contributed by atoms with E-state index in [9.17, 15) is 0 Å². The molecule has 48 heavy (non-hydrogen) atoms. The topological polar surface area (TPSA) is 9.23 Å². The lowest BCUT2D eigenvalue weighted by Gasteiger charge is -2.52. The summed E-state index contributed by atoms with van der Waals surface area (Å²) in [6.07, 6.45) is 2.11. The summed E-state index contributed by atoms with van der Waals surface area (Å²) in [5.41, 5.74) is 16.6. The molecule has 1 aliphatic heterocycles. The van der Waals surface area contributed by atoms with Crippen molar-refractivity contribution in [2.45, 2.75) is 56.9 Å². The van der Waals surface area contributed by atoms with Crippen LogP contribution in [0.15, 0.2) is 140 Å². The molecule has 0 bridgehead atoms. The highest BCUT2D eigenvalue weighted by Crippen LogP contribution is 2.67. The molecule has 6 aromatic carbocycles. The minimum absolute atomic E-state index is 0.0195. The van der Waals surface area contributed by atoms with Crippen molar-refractivity contribution < 1.29 is 4.65 Å². The minimum atomic E-state index is -0.492. The monoisotopic (exact) mass is 618 g/mol. The zero-order chi connectivity index (χ0) is 32.5. The lowest BCUT2D eigenvalue weighted by atomic mass is 9.44. The molecule has 0 atom stereocenters. The summed E-state index contributed by atoms with van der Waals surface area (Å²) in [7, 11) is 0. The van der Waals surface area contributed by atoms with Gasteiger partial charge in [0.05, 0.1) is 16.4 Å². The van der Waals surface area contributed by atoms with E-state index in [2.05, 4.69) is 167 Å². The van der Waals surface area contributed by atoms with Crippen LogP contribution in [0.5, 0.6) is 0 Å². The summed E-state index contributed by atoms with van der Waals surface area (Å²) in [6.45, 7) is 9.31. The van der Waals surface area contributed by atoms with Crippen LogP contribution in [0.3, 0.4) is 0 Å². The molecule has 232 valence electrons. The molecule has 6 aromatic rings. The van der Waals surface area contributed by atoms with Crippen LogP contribution in [0, 0.1) is 5.41 Å². The van der Waals surface area contributed by atoms with Gasteiger partial charge in [0, 0.05) is 0 Å². The van der Waals surface area contributed by atoms with Crippen molar-refractivity contribution in [1.29, 1.82) is 0 Å². The van der Waals surface area contributed by atoms with Crippen molar-refractivity contribution in [3.8, 4) is 22.3 Å². The van der Waals surface area contributed by atoms with Crippen LogP contribution in [0.2, 0.25) is 6.32 Å². The molecule has 1 saturated heterocycles. The highest BCUT2D eigenvalue weighted by atomic mass is 16.5. The number of rotatable bonds is 1. The van der Waals surface area contributed by atoms with Crippen molar-refractivity contribution in [3.05, 3.63) is 184 Å². The van der Waals surface area contributed by atoms with E-state index in [1.54, 1.807) is 0 Å². The molecule has 2 spiro atoms. The number of hydrogen-bond acceptors (Lipinski definition) is 1. The van der Waals surface area contributed by atoms with Crippen LogP contribution < -0.4 is 5.46 Å². The van der Waals surface area contributed by atoms with Crippen molar-refractivity contribution >= 4 is 12.4 Å². The fraction of sp³-hybridized carbons (Fsp3) is 0.217. The van der Waals surface area contributed by atoms with Gasteiger partial charge in [0.1, 0.15) is 0 Å². The standard InChI is InChI=1S/C46H39BO/c1-43(2)28-29-47(48-44(43,3)4)41-27-15-26-40-42(41)46(36-22-11-7-18-32(36)33-19-8-12-23-37(33)46)39-25-14-13-24-38(39)45(40)34-20-9-5-16-30(34)31-17-6-10-21-35(31)45/h5-27H,28-29H2,1-4H3. The third-order valence-electron chi connectivity index (χ3n) is 13.0. The second kappa shape index (κ2) is 9.49. The van der Waals surface area contributed by atoms with Gasteiger partial charge in [-0.1, -0.05) is 153 Å². The number of hydrogen-bond donors (Lipinski definition) is 0. The molecule has 1 fully saturated rings. The summed E-state index contributed by atoms with van der Waals surface area (Å²) < 4.78 is 7.30. The molecular weight excluding hydrogens is 579 g/mol. The van der Waals surface area contributed by atoms with Gasteiger partial charge in [-0.15, -0.1) is 0 Å². The van der Waals surface area contributed by atoms with Gasteiger partial charge in [-0.2, -0.15) is 0 Å². The molecule has 0 radical (unpaired) electrons. The second-order valence-electron chi connectivity index (χ2n) is 15.5. The number of fused-ring (bicyclic) bond motifs is 16. The van der Waals surface area contributed by atoms with E-state index in [-0.39, 0.29) is 17.9 Å². The van der Waals surface area contributed by atoms with E-state index in [0.29, 0.717) is 0 Å². The van der Waals surface area contributed by atoms with E-state index in [4.69, 9.17) is 4.65 Å². The van der Waals surface area contributed by atoms with Gasteiger partial charge >= 0.3 is 6.92 Å². The lowest BCUT2D eigenvalue weighted by molar-refractivity contribution is -0.0311. The Labute approximate surface area is 284 Å². The van der Waals surface area contributed by atoms with Crippen LogP contribution in [0.25, 0.3) is 22.3 Å². The summed E-state index contributed by atoms with van der Waals surface area (Å²) in [6, 6.07) is 53.2. The molecule has 0 aromatic heterocycles. The SMILES string of the molecule is CC1(C)CCB(c2cccc3c2C2(c4ccccc4-c4ccccc42)c2ccccc2C32c3ccccc3-c3ccccc32)OC1(C)C. The van der Waals surface area contributed by atoms with Crippen LogP contribution >= 0.6 is 0 Å². The van der Waals surface area contributed by atoms with Crippen LogP contribution in [0.1, 0.15) is 78.6 Å². The van der Waals surface area contributed by atoms with Crippen LogP contribution in [-0.2, 0) is 15.5 Å². The van der Waals surface area contributed by atoms with Gasteiger partial charge in [-0.3, -0.25) is 0 Å². The third kappa shape index (κ3) is 3.23. The first kappa shape index (κ1) is 28.4. The van der Waals surface area contributed by atoms with Crippen molar-refractivity contribution in [1.82, 2.24) is 0 Å². The summed E-state index contributed by atoms with van der Waals surface area (Å²) in [4.78, 5) is 0. The Kier molecular flexibility index (Phi) is 5.61. The maximum absolute atomic E-state index is 7.30. The molecule has 3 aliphatic carbocycles. The Morgan fingerprint density at radius 3 is 1.31 bits per heavy atom. The highest BCUT2D eigenvalue weighted by Gasteiger charge is 2.60. The molecule has 1 nitrogen and oxygen atoms in total. The Hall–Kier alpha value is -4.66. The van der Waals surface area contributed by atoms with Crippen molar-refractivity contribution in [2.75, 3.05) is 0 Å². The third-order valence-corrected chi connectivity index (χ3v) is 13.0. The summed E-state index contributed by atoms with van der Waals surface area (Å²) >= 11 is 0. The maximum Gasteiger partial charge on any atom is 0.327 e. The van der Waals surface area contributed by atoms with Gasteiger partial charge in [0.15, 0.2) is 0 Å². The maximum atomic E-state index is 7.30. The molecular formula is C46H39BO. The quantitative estimate of drug-likeness (QED) is 0.166. The van der Waals surface area contributed by atoms with E-state index in [0.717, 1.165) is 12.7 Å². The molecule has 1 heterocycles. The first-order chi connectivity index (χ1) is 23.3. The zero-order valence-electron chi connectivity index (χ0n) is 28.2. The Bertz CT molecular complexity index is 2220. The first-order valence-electron chi connectivity index (χ1n) is 17.6. The highest BCUT2D eigenvalue weighted by molar-refractivity contribution is 6.68. The molecule has 2 heteroatoms. The Morgan fingerprint density at radius 1 is 0.438 bits per heavy atom. The number of benzene rings is 6. The van der Waals surface area contributed by atoms with Crippen molar-refractivity contribution in [3.63, 3.8) is 0 Å². The van der Waals surface area contributed by atoms with Gasteiger partial charge in [-0.25, -0.2) is 0 Å². The smallest absolute Gasteiger partial charge is 0.327 e. The molecule has 0 saturated carbocycles. The van der Waals surface area contributed by atoms with Gasteiger partial charge in [0.25, 0.3) is 0 Å². The molecule has 0 unspecified atom stereocenters.